The molecule has 0 bridgehead atoms. The second-order valence-electron chi connectivity index (χ2n) is 7.61. The van der Waals surface area contributed by atoms with Gasteiger partial charge in [0.15, 0.2) is 0 Å². The normalized spacial score (nSPS) is 15.9. The number of anilines is 1. The van der Waals surface area contributed by atoms with Crippen LogP contribution in [0.4, 0.5) is 5.69 Å². The number of rotatable bonds is 7. The third-order valence-electron chi connectivity index (χ3n) is 5.19. The Morgan fingerprint density at radius 2 is 1.83 bits per heavy atom. The quantitative estimate of drug-likeness (QED) is 0.736. The molecule has 2 N–H and O–H groups in total. The van der Waals surface area contributed by atoms with Gasteiger partial charge in [0.1, 0.15) is 5.75 Å². The van der Waals surface area contributed by atoms with E-state index in [2.05, 4.69) is 10.6 Å². The Bertz CT molecular complexity index is 924. The molecule has 2 aromatic rings. The highest BCUT2D eigenvalue weighted by Crippen LogP contribution is 2.23. The van der Waals surface area contributed by atoms with Gasteiger partial charge in [0.05, 0.1) is 24.3 Å². The van der Waals surface area contributed by atoms with Crippen molar-refractivity contribution in [1.82, 2.24) is 10.2 Å². The van der Waals surface area contributed by atoms with E-state index in [1.807, 2.05) is 38.1 Å². The van der Waals surface area contributed by atoms with E-state index in [0.717, 1.165) is 11.3 Å². The molecule has 0 unspecified atom stereocenters. The number of ether oxygens (including phenoxy) is 1. The molecular weight excluding hydrogens is 382 g/mol. The molecule has 30 heavy (non-hydrogen) atoms. The lowest BCUT2D eigenvalue weighted by molar-refractivity contribution is -0.129. The largest absolute Gasteiger partial charge is 0.497 e. The maximum Gasteiger partial charge on any atom is 0.253 e. The molecule has 2 aromatic carbocycles. The predicted octanol–water partition coefficient (Wildman–Crippen LogP) is 2.82. The van der Waals surface area contributed by atoms with E-state index in [0.29, 0.717) is 24.3 Å². The first kappa shape index (κ1) is 21.4. The topological polar surface area (TPSA) is 87.7 Å². The smallest absolute Gasteiger partial charge is 0.253 e. The van der Waals surface area contributed by atoms with Crippen molar-refractivity contribution in [2.45, 2.75) is 32.9 Å². The zero-order valence-electron chi connectivity index (χ0n) is 17.5. The van der Waals surface area contributed by atoms with Crippen molar-refractivity contribution in [3.8, 4) is 5.75 Å². The number of amides is 3. The van der Waals surface area contributed by atoms with Crippen molar-refractivity contribution in [1.29, 1.82) is 0 Å². The van der Waals surface area contributed by atoms with Crippen molar-refractivity contribution in [2.24, 2.45) is 5.92 Å². The molecule has 1 saturated heterocycles. The molecule has 0 saturated carbocycles. The molecule has 7 nitrogen and oxygen atoms in total. The Labute approximate surface area is 176 Å². The summed E-state index contributed by atoms with van der Waals surface area (Å²) in [7, 11) is 1.60. The van der Waals surface area contributed by atoms with Crippen LogP contribution in [0.1, 0.15) is 36.2 Å². The molecule has 0 spiro atoms. The van der Waals surface area contributed by atoms with Crippen molar-refractivity contribution in [2.75, 3.05) is 19.0 Å². The van der Waals surface area contributed by atoms with Crippen molar-refractivity contribution in [3.05, 3.63) is 59.7 Å². The lowest BCUT2D eigenvalue weighted by Gasteiger charge is -2.20. The van der Waals surface area contributed by atoms with Gasteiger partial charge in [0.2, 0.25) is 11.8 Å². The van der Waals surface area contributed by atoms with Gasteiger partial charge in [-0.2, -0.15) is 0 Å². The molecule has 0 aromatic heterocycles. The Kier molecular flexibility index (Phi) is 6.72. The zero-order valence-corrected chi connectivity index (χ0v) is 17.5. The third kappa shape index (κ3) is 4.97. The number of carbonyl (C=O) groups excluding carboxylic acids is 3. The Morgan fingerprint density at radius 3 is 2.47 bits per heavy atom. The van der Waals surface area contributed by atoms with E-state index in [4.69, 9.17) is 4.74 Å². The first-order valence-corrected chi connectivity index (χ1v) is 9.99. The summed E-state index contributed by atoms with van der Waals surface area (Å²) in [6.07, 6.45) is 0.190. The van der Waals surface area contributed by atoms with Gasteiger partial charge in [0.25, 0.3) is 5.91 Å². The highest BCUT2D eigenvalue weighted by Gasteiger charge is 2.35. The lowest BCUT2D eigenvalue weighted by Crippen LogP contribution is -2.33. The number of benzene rings is 2. The van der Waals surface area contributed by atoms with Gasteiger partial charge in [-0.05, 0) is 43.7 Å². The average Bonchev–Trinajstić information content (AvgIpc) is 3.15. The molecule has 0 radical (unpaired) electrons. The molecule has 1 heterocycles. The van der Waals surface area contributed by atoms with Crippen LogP contribution < -0.4 is 15.4 Å². The minimum atomic E-state index is -0.421. The van der Waals surface area contributed by atoms with Gasteiger partial charge in [-0.1, -0.05) is 24.3 Å². The number of hydrogen-bond acceptors (Lipinski definition) is 4. The number of methoxy groups -OCH3 is 1. The van der Waals surface area contributed by atoms with Crippen LogP contribution in [0, 0.1) is 5.92 Å². The van der Waals surface area contributed by atoms with E-state index in [9.17, 15) is 14.4 Å². The summed E-state index contributed by atoms with van der Waals surface area (Å²) >= 11 is 0. The highest BCUT2D eigenvalue weighted by atomic mass is 16.5. The summed E-state index contributed by atoms with van der Waals surface area (Å²) in [5, 5.41) is 5.70. The fraction of sp³-hybridized carbons (Fsp3) is 0.348. The minimum Gasteiger partial charge on any atom is -0.497 e. The Balaban J connectivity index is 1.64. The minimum absolute atomic E-state index is 0.0179. The Hall–Kier alpha value is -3.35. The van der Waals surface area contributed by atoms with E-state index < -0.39 is 5.92 Å². The summed E-state index contributed by atoms with van der Waals surface area (Å²) in [5.74, 6) is -0.222. The second-order valence-corrected chi connectivity index (χ2v) is 7.61. The zero-order chi connectivity index (χ0) is 21.7. The van der Waals surface area contributed by atoms with Crippen LogP contribution in [-0.2, 0) is 16.1 Å². The second kappa shape index (κ2) is 9.43. The molecule has 3 rings (SSSR count). The molecule has 0 aliphatic carbocycles. The summed E-state index contributed by atoms with van der Waals surface area (Å²) in [5.41, 5.74) is 1.75. The molecule has 3 amide bonds. The van der Waals surface area contributed by atoms with Gasteiger partial charge in [-0.25, -0.2) is 0 Å². The van der Waals surface area contributed by atoms with E-state index in [1.54, 1.807) is 36.3 Å². The summed E-state index contributed by atoms with van der Waals surface area (Å²) in [4.78, 5) is 39.2. The van der Waals surface area contributed by atoms with Crippen molar-refractivity contribution < 1.29 is 19.1 Å². The number of carbonyl (C=O) groups is 3. The molecular formula is C23H27N3O4. The standard InChI is InChI=1S/C23H27N3O4/c1-15(2)26-14-17(12-21(26)27)22(28)25-20-7-5-4-6-19(20)23(29)24-13-16-8-10-18(30-3)11-9-16/h4-11,15,17H,12-14H2,1-3H3,(H,24,29)(H,25,28)/t17-/m1/s1. The van der Waals surface area contributed by atoms with Crippen LogP contribution in [0.2, 0.25) is 0 Å². The number of hydrogen-bond donors (Lipinski definition) is 2. The van der Waals surface area contributed by atoms with Gasteiger partial charge in [-0.3, -0.25) is 14.4 Å². The van der Waals surface area contributed by atoms with Crippen molar-refractivity contribution in [3.63, 3.8) is 0 Å². The van der Waals surface area contributed by atoms with Crippen molar-refractivity contribution >= 4 is 23.4 Å². The van der Waals surface area contributed by atoms with Crippen LogP contribution in [0.3, 0.4) is 0 Å². The molecule has 1 aliphatic rings. The summed E-state index contributed by atoms with van der Waals surface area (Å²) in [6.45, 7) is 4.61. The summed E-state index contributed by atoms with van der Waals surface area (Å²) < 4.78 is 5.13. The third-order valence-corrected chi connectivity index (χ3v) is 5.19. The highest BCUT2D eigenvalue weighted by molar-refractivity contribution is 6.05. The number of para-hydroxylation sites is 1. The van der Waals surface area contributed by atoms with Crippen LogP contribution in [0.15, 0.2) is 48.5 Å². The fourth-order valence-electron chi connectivity index (χ4n) is 3.45. The monoisotopic (exact) mass is 409 g/mol. The average molecular weight is 409 g/mol. The number of likely N-dealkylation sites (tertiary alicyclic amines) is 1. The van der Waals surface area contributed by atoms with Crippen LogP contribution in [0.5, 0.6) is 5.75 Å². The van der Waals surface area contributed by atoms with Gasteiger partial charge in [0, 0.05) is 25.6 Å². The van der Waals surface area contributed by atoms with E-state index >= 15 is 0 Å². The number of nitrogens with zero attached hydrogens (tertiary/aromatic N) is 1. The van der Waals surface area contributed by atoms with Crippen LogP contribution in [-0.4, -0.2) is 42.3 Å². The van der Waals surface area contributed by atoms with Gasteiger partial charge in [-0.15, -0.1) is 0 Å². The first-order chi connectivity index (χ1) is 14.4. The lowest BCUT2D eigenvalue weighted by atomic mass is 10.1. The molecule has 7 heteroatoms. The SMILES string of the molecule is COc1ccc(CNC(=O)c2ccccc2NC(=O)[C@@H]2CC(=O)N(C(C)C)C2)cc1. The molecule has 158 valence electrons. The van der Waals surface area contributed by atoms with E-state index in [-0.39, 0.29) is 30.2 Å². The number of nitrogens with one attached hydrogen (secondary N) is 2. The predicted molar refractivity (Wildman–Crippen MR) is 114 cm³/mol. The van der Waals surface area contributed by atoms with Gasteiger partial charge < -0.3 is 20.3 Å². The molecule has 1 aliphatic heterocycles. The maximum absolute atomic E-state index is 12.7. The summed E-state index contributed by atoms with van der Waals surface area (Å²) in [6, 6.07) is 14.3. The van der Waals surface area contributed by atoms with E-state index in [1.165, 1.54) is 0 Å². The maximum atomic E-state index is 12.7. The van der Waals surface area contributed by atoms with Crippen LogP contribution >= 0.6 is 0 Å². The Morgan fingerprint density at radius 1 is 1.13 bits per heavy atom. The molecule has 1 fully saturated rings. The molecule has 1 atom stereocenters. The van der Waals surface area contributed by atoms with Gasteiger partial charge >= 0.3 is 0 Å². The fourth-order valence-corrected chi connectivity index (χ4v) is 3.45. The van der Waals surface area contributed by atoms with Crippen LogP contribution in [0.25, 0.3) is 0 Å². The first-order valence-electron chi connectivity index (χ1n) is 9.99.